The average Bonchev–Trinajstić information content (AvgIpc) is 2.96. The number of hydrogen-bond acceptors (Lipinski definition) is 2. The maximum absolute atomic E-state index is 12.3. The molecule has 1 saturated heterocycles. The number of carbonyl (C=O) groups is 1. The lowest BCUT2D eigenvalue weighted by molar-refractivity contribution is -0.132. The molecule has 0 bridgehead atoms. The van der Waals surface area contributed by atoms with Crippen molar-refractivity contribution in [3.05, 3.63) is 0 Å². The Hall–Kier alpha value is -0.570. The van der Waals surface area contributed by atoms with Crippen LogP contribution in [0.3, 0.4) is 0 Å². The van der Waals surface area contributed by atoms with Gasteiger partial charge in [-0.3, -0.25) is 10.1 Å². The van der Waals surface area contributed by atoms with E-state index in [1.165, 1.54) is 38.5 Å². The number of carbonyl (C=O) groups excluding carboxylic acids is 1. The number of nitrogens with zero attached hydrogens (tertiary/aromatic N) is 1. The second-order valence-corrected chi connectivity index (χ2v) is 6.11. The normalized spacial score (nSPS) is 31.3. The second kappa shape index (κ2) is 6.05. The average molecular weight is 252 g/mol. The number of amides is 1. The van der Waals surface area contributed by atoms with Gasteiger partial charge in [0.15, 0.2) is 0 Å². The molecular weight excluding hydrogens is 224 g/mol. The third-order valence-corrected chi connectivity index (χ3v) is 4.64. The van der Waals surface area contributed by atoms with Crippen LogP contribution >= 0.6 is 0 Å². The van der Waals surface area contributed by atoms with Gasteiger partial charge in [-0.05, 0) is 39.0 Å². The van der Waals surface area contributed by atoms with Crippen molar-refractivity contribution in [2.24, 2.45) is 5.92 Å². The van der Waals surface area contributed by atoms with Crippen molar-refractivity contribution in [1.82, 2.24) is 10.2 Å². The molecule has 3 nitrogen and oxygen atoms in total. The van der Waals surface area contributed by atoms with Gasteiger partial charge in [0, 0.05) is 6.04 Å². The molecule has 0 spiro atoms. The van der Waals surface area contributed by atoms with Crippen molar-refractivity contribution >= 4 is 5.91 Å². The summed E-state index contributed by atoms with van der Waals surface area (Å²) in [7, 11) is 0. The lowest BCUT2D eigenvalue weighted by Crippen LogP contribution is -2.47. The van der Waals surface area contributed by atoms with E-state index in [2.05, 4.69) is 24.1 Å². The van der Waals surface area contributed by atoms with E-state index in [0.29, 0.717) is 24.0 Å². The highest BCUT2D eigenvalue weighted by atomic mass is 16.2. The quantitative estimate of drug-likeness (QED) is 0.816. The van der Waals surface area contributed by atoms with Crippen molar-refractivity contribution in [3.63, 3.8) is 0 Å². The fraction of sp³-hybridized carbons (Fsp3) is 0.933. The van der Waals surface area contributed by atoms with Gasteiger partial charge < -0.3 is 4.90 Å². The SMILES string of the molecule is CCCCC(C)N1C(=O)C(C)NC1C1CCCC1. The van der Waals surface area contributed by atoms with Gasteiger partial charge in [0.2, 0.25) is 5.91 Å². The lowest BCUT2D eigenvalue weighted by Gasteiger charge is -2.34. The van der Waals surface area contributed by atoms with Gasteiger partial charge >= 0.3 is 0 Å². The summed E-state index contributed by atoms with van der Waals surface area (Å²) in [6.07, 6.45) is 9.12. The van der Waals surface area contributed by atoms with E-state index in [0.717, 1.165) is 6.42 Å². The summed E-state index contributed by atoms with van der Waals surface area (Å²) in [5.41, 5.74) is 0. The summed E-state index contributed by atoms with van der Waals surface area (Å²) in [5.74, 6) is 0.999. The molecule has 2 fully saturated rings. The molecule has 1 heterocycles. The summed E-state index contributed by atoms with van der Waals surface area (Å²) < 4.78 is 0. The van der Waals surface area contributed by atoms with E-state index in [4.69, 9.17) is 0 Å². The molecule has 1 aliphatic heterocycles. The predicted octanol–water partition coefficient (Wildman–Crippen LogP) is 2.90. The Morgan fingerprint density at radius 3 is 2.67 bits per heavy atom. The van der Waals surface area contributed by atoms with E-state index in [-0.39, 0.29) is 6.04 Å². The minimum Gasteiger partial charge on any atom is -0.323 e. The molecule has 0 aromatic carbocycles. The number of unbranched alkanes of at least 4 members (excludes halogenated alkanes) is 1. The first-order valence-corrected chi connectivity index (χ1v) is 7.73. The molecule has 3 heteroatoms. The molecule has 18 heavy (non-hydrogen) atoms. The van der Waals surface area contributed by atoms with Crippen molar-refractivity contribution in [3.8, 4) is 0 Å². The van der Waals surface area contributed by atoms with Crippen molar-refractivity contribution in [2.45, 2.75) is 84.0 Å². The fourth-order valence-corrected chi connectivity index (χ4v) is 3.53. The second-order valence-electron chi connectivity index (χ2n) is 6.11. The highest BCUT2D eigenvalue weighted by molar-refractivity contribution is 5.84. The van der Waals surface area contributed by atoms with Crippen molar-refractivity contribution in [2.75, 3.05) is 0 Å². The van der Waals surface area contributed by atoms with Crippen LogP contribution in [-0.4, -0.2) is 29.1 Å². The minimum atomic E-state index is 0.0136. The van der Waals surface area contributed by atoms with Gasteiger partial charge in [-0.15, -0.1) is 0 Å². The fourth-order valence-electron chi connectivity index (χ4n) is 3.53. The Kier molecular flexibility index (Phi) is 4.66. The zero-order valence-corrected chi connectivity index (χ0v) is 12.1. The summed E-state index contributed by atoms with van der Waals surface area (Å²) in [5, 5.41) is 3.53. The molecule has 1 aliphatic carbocycles. The van der Waals surface area contributed by atoms with Gasteiger partial charge in [-0.2, -0.15) is 0 Å². The van der Waals surface area contributed by atoms with Gasteiger partial charge in [0.05, 0.1) is 12.2 Å². The number of nitrogens with one attached hydrogen (secondary N) is 1. The molecule has 104 valence electrons. The zero-order valence-electron chi connectivity index (χ0n) is 12.1. The molecule has 0 aromatic heterocycles. The molecular formula is C15H28N2O. The van der Waals surface area contributed by atoms with E-state index < -0.39 is 0 Å². The van der Waals surface area contributed by atoms with Crippen molar-refractivity contribution in [1.29, 1.82) is 0 Å². The summed E-state index contributed by atoms with van der Waals surface area (Å²) >= 11 is 0. The van der Waals surface area contributed by atoms with E-state index in [9.17, 15) is 4.79 Å². The minimum absolute atomic E-state index is 0.0136. The summed E-state index contributed by atoms with van der Waals surface area (Å²) in [4.78, 5) is 14.5. The van der Waals surface area contributed by atoms with E-state index in [1.807, 2.05) is 6.92 Å². The van der Waals surface area contributed by atoms with Crippen molar-refractivity contribution < 1.29 is 4.79 Å². The highest BCUT2D eigenvalue weighted by Crippen LogP contribution is 2.33. The zero-order chi connectivity index (χ0) is 13.1. The monoisotopic (exact) mass is 252 g/mol. The van der Waals surface area contributed by atoms with Crippen LogP contribution in [0.5, 0.6) is 0 Å². The molecule has 3 atom stereocenters. The maximum Gasteiger partial charge on any atom is 0.240 e. The largest absolute Gasteiger partial charge is 0.323 e. The molecule has 0 aromatic rings. The maximum atomic E-state index is 12.3. The van der Waals surface area contributed by atoms with Crippen LogP contribution < -0.4 is 5.32 Å². The Labute approximate surface area is 111 Å². The van der Waals surface area contributed by atoms with Gasteiger partial charge in [-0.25, -0.2) is 0 Å². The predicted molar refractivity (Wildman–Crippen MR) is 74.2 cm³/mol. The smallest absolute Gasteiger partial charge is 0.240 e. The van der Waals surface area contributed by atoms with E-state index >= 15 is 0 Å². The van der Waals surface area contributed by atoms with Crippen LogP contribution in [-0.2, 0) is 4.79 Å². The molecule has 1 amide bonds. The molecule has 0 radical (unpaired) electrons. The van der Waals surface area contributed by atoms with Gasteiger partial charge in [0.1, 0.15) is 0 Å². The summed E-state index contributed by atoms with van der Waals surface area (Å²) in [6.45, 7) is 6.44. The molecule has 1 saturated carbocycles. The highest BCUT2D eigenvalue weighted by Gasteiger charge is 2.42. The van der Waals surface area contributed by atoms with Crippen LogP contribution in [0, 0.1) is 5.92 Å². The lowest BCUT2D eigenvalue weighted by atomic mass is 10.0. The van der Waals surface area contributed by atoms with E-state index in [1.54, 1.807) is 0 Å². The van der Waals surface area contributed by atoms with Crippen LogP contribution in [0.2, 0.25) is 0 Å². The molecule has 3 unspecified atom stereocenters. The number of hydrogen-bond donors (Lipinski definition) is 1. The third-order valence-electron chi connectivity index (χ3n) is 4.64. The molecule has 2 rings (SSSR count). The third kappa shape index (κ3) is 2.71. The molecule has 1 N–H and O–H groups in total. The van der Waals surface area contributed by atoms with Gasteiger partial charge in [0.25, 0.3) is 0 Å². The first-order chi connectivity index (χ1) is 8.65. The van der Waals surface area contributed by atoms with Crippen LogP contribution in [0.1, 0.15) is 65.7 Å². The van der Waals surface area contributed by atoms with Gasteiger partial charge in [-0.1, -0.05) is 32.6 Å². The van der Waals surface area contributed by atoms with Crippen LogP contribution in [0.15, 0.2) is 0 Å². The van der Waals surface area contributed by atoms with Crippen LogP contribution in [0.25, 0.3) is 0 Å². The topological polar surface area (TPSA) is 32.3 Å². The Morgan fingerprint density at radius 1 is 1.39 bits per heavy atom. The Balaban J connectivity index is 2.04. The molecule has 2 aliphatic rings. The first-order valence-electron chi connectivity index (χ1n) is 7.73. The Bertz CT molecular complexity index is 286. The summed E-state index contributed by atoms with van der Waals surface area (Å²) in [6, 6.07) is 0.403. The first kappa shape index (κ1) is 13.9. The number of rotatable bonds is 5. The Morgan fingerprint density at radius 2 is 2.06 bits per heavy atom. The van der Waals surface area contributed by atoms with Crippen LogP contribution in [0.4, 0.5) is 0 Å². The standard InChI is InChI=1S/C15H28N2O/c1-4-5-8-11(2)17-14(13-9-6-7-10-13)16-12(3)15(17)18/h11-14,16H,4-10H2,1-3H3.